The Hall–Kier alpha value is -2.38. The van der Waals surface area contributed by atoms with Gasteiger partial charge in [-0.15, -0.1) is 11.3 Å². The van der Waals surface area contributed by atoms with E-state index in [2.05, 4.69) is 4.72 Å². The van der Waals surface area contributed by atoms with Crippen LogP contribution in [0.25, 0.3) is 0 Å². The van der Waals surface area contributed by atoms with Crippen molar-refractivity contribution in [3.63, 3.8) is 0 Å². The Morgan fingerprint density at radius 2 is 1.75 bits per heavy atom. The Morgan fingerprint density at radius 1 is 1.11 bits per heavy atom. The molecule has 1 heterocycles. The van der Waals surface area contributed by atoms with Crippen LogP contribution in [-0.2, 0) is 19.9 Å². The fourth-order valence-corrected chi connectivity index (χ4v) is 8.56. The summed E-state index contributed by atoms with van der Waals surface area (Å²) in [4.78, 5) is 10.8. The van der Waals surface area contributed by atoms with Gasteiger partial charge in [-0.05, 0) is 67.3 Å². The minimum atomic E-state index is -4.25. The van der Waals surface area contributed by atoms with Gasteiger partial charge in [-0.3, -0.25) is 0 Å². The predicted octanol–water partition coefficient (Wildman–Crippen LogP) is 5.21. The van der Waals surface area contributed by atoms with Gasteiger partial charge in [-0.25, -0.2) is 35.1 Å². The molecule has 0 saturated heterocycles. The van der Waals surface area contributed by atoms with E-state index in [9.17, 15) is 30.4 Å². The van der Waals surface area contributed by atoms with Crippen molar-refractivity contribution in [2.45, 2.75) is 35.3 Å². The molecule has 0 fully saturated rings. The highest BCUT2D eigenvalue weighted by atomic mass is 35.5. The van der Waals surface area contributed by atoms with E-state index in [-0.39, 0.29) is 38.8 Å². The van der Waals surface area contributed by atoms with E-state index >= 15 is 0 Å². The Balaban J connectivity index is 1.90. The number of carboxylic acid groups (broad SMARTS) is 1. The summed E-state index contributed by atoms with van der Waals surface area (Å²) in [7, 11) is -8.34. The number of rotatable bonds is 10. The fraction of sp³-hybridized carbons (Fsp3) is 0.261. The molecule has 3 aromatic rings. The molecule has 3 rings (SSSR count). The lowest BCUT2D eigenvalue weighted by atomic mass is 9.97. The molecule has 0 radical (unpaired) electrons. The third-order valence-corrected chi connectivity index (χ3v) is 11.0. The first kappa shape index (κ1) is 28.2. The van der Waals surface area contributed by atoms with E-state index in [1.165, 1.54) is 43.5 Å². The van der Waals surface area contributed by atoms with Gasteiger partial charge >= 0.3 is 5.97 Å². The van der Waals surface area contributed by atoms with Gasteiger partial charge in [-0.1, -0.05) is 18.5 Å². The Bertz CT molecular complexity index is 1490. The van der Waals surface area contributed by atoms with E-state index in [1.807, 2.05) is 0 Å². The van der Waals surface area contributed by atoms with Crippen LogP contribution in [0.3, 0.4) is 0 Å². The lowest BCUT2D eigenvalue weighted by Gasteiger charge is -2.25. The van der Waals surface area contributed by atoms with E-state index in [1.54, 1.807) is 0 Å². The van der Waals surface area contributed by atoms with E-state index in [4.69, 9.17) is 16.7 Å². The molecule has 2 aromatic carbocycles. The number of benzene rings is 2. The monoisotopic (exact) mass is 577 g/mol. The van der Waals surface area contributed by atoms with Gasteiger partial charge in [-0.2, -0.15) is 0 Å². The number of sulfone groups is 1. The van der Waals surface area contributed by atoms with Gasteiger partial charge < -0.3 is 5.11 Å². The molecule has 2 N–H and O–H groups in total. The second kappa shape index (κ2) is 10.9. The molecule has 0 saturated carbocycles. The number of halogens is 3. The molecule has 7 nitrogen and oxygen atoms in total. The average Bonchev–Trinajstić information content (AvgIpc) is 3.19. The maximum atomic E-state index is 14.7. The summed E-state index contributed by atoms with van der Waals surface area (Å²) in [6.07, 6.45) is -0.0539. The fourth-order valence-electron chi connectivity index (χ4n) is 3.81. The van der Waals surface area contributed by atoms with Crippen molar-refractivity contribution in [2.24, 2.45) is 5.92 Å². The Morgan fingerprint density at radius 3 is 2.33 bits per heavy atom. The van der Waals surface area contributed by atoms with Crippen LogP contribution < -0.4 is 4.72 Å². The number of hydrogen-bond donors (Lipinski definition) is 2. The van der Waals surface area contributed by atoms with Gasteiger partial charge in [0.2, 0.25) is 10.0 Å². The highest BCUT2D eigenvalue weighted by Crippen LogP contribution is 2.38. The van der Waals surface area contributed by atoms with Crippen molar-refractivity contribution >= 4 is 48.8 Å². The van der Waals surface area contributed by atoms with Gasteiger partial charge in [0, 0.05) is 22.5 Å². The number of aromatic carboxylic acids is 1. The minimum Gasteiger partial charge on any atom is -0.477 e. The van der Waals surface area contributed by atoms with Gasteiger partial charge in [0.1, 0.15) is 16.5 Å². The van der Waals surface area contributed by atoms with E-state index < -0.39 is 48.6 Å². The maximum absolute atomic E-state index is 14.7. The van der Waals surface area contributed by atoms with Crippen molar-refractivity contribution < 1.29 is 35.5 Å². The number of nitrogens with one attached hydrogen (secondary N) is 1. The summed E-state index contributed by atoms with van der Waals surface area (Å²) in [5.41, 5.74) is -0.293. The van der Waals surface area contributed by atoms with E-state index in [0.29, 0.717) is 5.02 Å². The first-order valence-electron chi connectivity index (χ1n) is 10.5. The summed E-state index contributed by atoms with van der Waals surface area (Å²) in [6, 6.07) is 7.77. The average molecular weight is 578 g/mol. The Kier molecular flexibility index (Phi) is 8.56. The van der Waals surface area contributed by atoms with Crippen molar-refractivity contribution in [3.05, 3.63) is 80.5 Å². The van der Waals surface area contributed by atoms with Crippen LogP contribution in [0.1, 0.15) is 39.4 Å². The topological polar surface area (TPSA) is 118 Å². The molecule has 0 aliphatic rings. The molecule has 2 unspecified atom stereocenters. The van der Waals surface area contributed by atoms with Crippen LogP contribution >= 0.6 is 22.9 Å². The standard InChI is InChI=1S/C23H22ClF2NO6S3/c1-13(9-10-27-36(32,33)20-12-34-21(14(20)2)23(28)29)22(18-11-16(25)5-8-19(18)26)35(30,31)17-6-3-15(24)4-7-17/h3-8,11-13,22,27H,9-10H2,1-2H3,(H,28,29). The van der Waals surface area contributed by atoms with Gasteiger partial charge in [0.25, 0.3) is 0 Å². The molecule has 0 amide bonds. The SMILES string of the molecule is Cc1c(S(=O)(=O)NCCC(C)C(c2cc(F)ccc2F)S(=O)(=O)c2ccc(Cl)cc2)csc1C(=O)O. The molecule has 0 aliphatic heterocycles. The van der Waals surface area contributed by atoms with Crippen molar-refractivity contribution in [1.29, 1.82) is 0 Å². The first-order valence-corrected chi connectivity index (χ1v) is 14.8. The smallest absolute Gasteiger partial charge is 0.346 e. The third-order valence-electron chi connectivity index (χ3n) is 5.63. The molecule has 1 aromatic heterocycles. The lowest BCUT2D eigenvalue weighted by molar-refractivity contribution is 0.0701. The highest BCUT2D eigenvalue weighted by Gasteiger charge is 2.36. The number of carboxylic acids is 1. The molecule has 2 atom stereocenters. The Labute approximate surface area is 216 Å². The zero-order chi connectivity index (χ0) is 26.8. The summed E-state index contributed by atoms with van der Waals surface area (Å²) in [5, 5.41) is 9.14. The minimum absolute atomic E-state index is 0.0539. The summed E-state index contributed by atoms with van der Waals surface area (Å²) in [6.45, 7) is 2.64. The van der Waals surface area contributed by atoms with Crippen LogP contribution in [0.5, 0.6) is 0 Å². The van der Waals surface area contributed by atoms with Gasteiger partial charge in [0.15, 0.2) is 9.84 Å². The van der Waals surface area contributed by atoms with Crippen LogP contribution in [0.2, 0.25) is 5.02 Å². The summed E-state index contributed by atoms with van der Waals surface area (Å²) >= 11 is 6.63. The molecule has 13 heteroatoms. The van der Waals surface area contributed by atoms with Crippen molar-refractivity contribution in [2.75, 3.05) is 6.54 Å². The summed E-state index contributed by atoms with van der Waals surface area (Å²) in [5.74, 6) is -3.85. The van der Waals surface area contributed by atoms with Crippen molar-refractivity contribution in [3.8, 4) is 0 Å². The molecular weight excluding hydrogens is 556 g/mol. The van der Waals surface area contributed by atoms with Gasteiger partial charge in [0.05, 0.1) is 15.0 Å². The number of carbonyl (C=O) groups is 1. The van der Waals surface area contributed by atoms with Crippen LogP contribution in [0, 0.1) is 24.5 Å². The third kappa shape index (κ3) is 5.94. The highest BCUT2D eigenvalue weighted by molar-refractivity contribution is 7.91. The molecule has 194 valence electrons. The van der Waals surface area contributed by atoms with Crippen molar-refractivity contribution in [1.82, 2.24) is 4.72 Å². The zero-order valence-corrected chi connectivity index (χ0v) is 22.2. The summed E-state index contributed by atoms with van der Waals surface area (Å²) < 4.78 is 83.5. The predicted molar refractivity (Wildman–Crippen MR) is 133 cm³/mol. The normalized spacial score (nSPS) is 13.9. The first-order chi connectivity index (χ1) is 16.8. The van der Waals surface area contributed by atoms with Crippen LogP contribution in [-0.4, -0.2) is 34.5 Å². The second-order valence-electron chi connectivity index (χ2n) is 8.11. The molecule has 36 heavy (non-hydrogen) atoms. The number of thiophene rings is 1. The molecule has 0 bridgehead atoms. The molecular formula is C23H22ClF2NO6S3. The van der Waals surface area contributed by atoms with Crippen LogP contribution in [0.15, 0.2) is 57.6 Å². The quantitative estimate of drug-likeness (QED) is 0.342. The second-order valence-corrected chi connectivity index (χ2v) is 13.2. The molecule has 0 spiro atoms. The zero-order valence-electron chi connectivity index (χ0n) is 19.0. The largest absolute Gasteiger partial charge is 0.477 e. The number of sulfonamides is 1. The van der Waals surface area contributed by atoms with E-state index in [0.717, 1.165) is 29.5 Å². The lowest BCUT2D eigenvalue weighted by Crippen LogP contribution is -2.29. The maximum Gasteiger partial charge on any atom is 0.346 e. The van der Waals surface area contributed by atoms with Crippen LogP contribution in [0.4, 0.5) is 8.78 Å². The molecule has 0 aliphatic carbocycles. The number of hydrogen-bond acceptors (Lipinski definition) is 6.